The molecule has 1 heterocycles. The summed E-state index contributed by atoms with van der Waals surface area (Å²) in [5.74, 6) is -2.30. The lowest BCUT2D eigenvalue weighted by Gasteiger charge is -2.12. The quantitative estimate of drug-likeness (QED) is 0.847. The number of likely N-dealkylation sites (N-methyl/N-ethyl adjacent to an activating group) is 1. The SMILES string of the molecule is CN1CCC(NC(=O)c2ccc(F)c(F)c2)C1. The van der Waals surface area contributed by atoms with Crippen LogP contribution in [0.4, 0.5) is 8.78 Å². The van der Waals surface area contributed by atoms with Gasteiger partial charge >= 0.3 is 0 Å². The second-order valence-corrected chi connectivity index (χ2v) is 4.35. The van der Waals surface area contributed by atoms with E-state index in [9.17, 15) is 13.6 Å². The molecule has 1 aromatic carbocycles. The number of hydrogen-bond acceptors (Lipinski definition) is 2. The van der Waals surface area contributed by atoms with Crippen molar-refractivity contribution in [2.24, 2.45) is 0 Å². The molecule has 1 amide bonds. The highest BCUT2D eigenvalue weighted by Crippen LogP contribution is 2.11. The lowest BCUT2D eigenvalue weighted by atomic mass is 10.1. The van der Waals surface area contributed by atoms with Crippen LogP contribution in [0.3, 0.4) is 0 Å². The Kier molecular flexibility index (Phi) is 3.38. The molecule has 1 unspecified atom stereocenters. The van der Waals surface area contributed by atoms with E-state index >= 15 is 0 Å². The molecule has 17 heavy (non-hydrogen) atoms. The molecule has 1 aliphatic heterocycles. The Morgan fingerprint density at radius 3 is 2.76 bits per heavy atom. The first-order valence-electron chi connectivity index (χ1n) is 5.50. The molecule has 1 aliphatic rings. The smallest absolute Gasteiger partial charge is 0.251 e. The summed E-state index contributed by atoms with van der Waals surface area (Å²) in [6, 6.07) is 3.25. The van der Waals surface area contributed by atoms with Crippen molar-refractivity contribution in [3.05, 3.63) is 35.4 Å². The minimum atomic E-state index is -0.999. The Balaban J connectivity index is 2.02. The van der Waals surface area contributed by atoms with Gasteiger partial charge in [-0.3, -0.25) is 4.79 Å². The molecular weight excluding hydrogens is 226 g/mol. The van der Waals surface area contributed by atoms with Crippen LogP contribution in [-0.4, -0.2) is 37.0 Å². The van der Waals surface area contributed by atoms with Crippen LogP contribution in [0.15, 0.2) is 18.2 Å². The van der Waals surface area contributed by atoms with Crippen molar-refractivity contribution in [2.45, 2.75) is 12.5 Å². The van der Waals surface area contributed by atoms with E-state index in [0.717, 1.165) is 31.6 Å². The average molecular weight is 240 g/mol. The van der Waals surface area contributed by atoms with Gasteiger partial charge in [0.1, 0.15) is 0 Å². The van der Waals surface area contributed by atoms with Crippen molar-refractivity contribution in [3.63, 3.8) is 0 Å². The van der Waals surface area contributed by atoms with Crippen LogP contribution in [0.2, 0.25) is 0 Å². The van der Waals surface area contributed by atoms with Crippen LogP contribution in [0.5, 0.6) is 0 Å². The number of carbonyl (C=O) groups excluding carboxylic acids is 1. The predicted octanol–water partition coefficient (Wildman–Crippen LogP) is 1.40. The van der Waals surface area contributed by atoms with Gasteiger partial charge in [-0.2, -0.15) is 0 Å². The Labute approximate surface area is 98.4 Å². The third kappa shape index (κ3) is 2.79. The Morgan fingerprint density at radius 1 is 1.41 bits per heavy atom. The van der Waals surface area contributed by atoms with Gasteiger partial charge in [-0.05, 0) is 38.2 Å². The van der Waals surface area contributed by atoms with Gasteiger partial charge < -0.3 is 10.2 Å². The summed E-state index contributed by atoms with van der Waals surface area (Å²) in [5, 5.41) is 2.80. The molecule has 1 atom stereocenters. The summed E-state index contributed by atoms with van der Waals surface area (Å²) in [6.07, 6.45) is 0.881. The average Bonchev–Trinajstić information content (AvgIpc) is 2.68. The van der Waals surface area contributed by atoms with E-state index < -0.39 is 11.6 Å². The van der Waals surface area contributed by atoms with Crippen molar-refractivity contribution in [1.29, 1.82) is 0 Å². The van der Waals surface area contributed by atoms with Crippen LogP contribution >= 0.6 is 0 Å². The molecule has 5 heteroatoms. The van der Waals surface area contributed by atoms with Crippen LogP contribution < -0.4 is 5.32 Å². The first-order valence-corrected chi connectivity index (χ1v) is 5.50. The lowest BCUT2D eigenvalue weighted by molar-refractivity contribution is 0.0938. The van der Waals surface area contributed by atoms with Gasteiger partial charge in [0.15, 0.2) is 11.6 Å². The highest BCUT2D eigenvalue weighted by Gasteiger charge is 2.21. The molecule has 0 saturated carbocycles. The topological polar surface area (TPSA) is 32.3 Å². The summed E-state index contributed by atoms with van der Waals surface area (Å²) in [4.78, 5) is 13.9. The maximum atomic E-state index is 13.0. The highest BCUT2D eigenvalue weighted by molar-refractivity contribution is 5.94. The molecule has 0 spiro atoms. The van der Waals surface area contributed by atoms with Crippen LogP contribution in [-0.2, 0) is 0 Å². The normalized spacial score (nSPS) is 20.5. The zero-order valence-electron chi connectivity index (χ0n) is 9.54. The molecule has 0 bridgehead atoms. The Bertz CT molecular complexity index is 437. The van der Waals surface area contributed by atoms with E-state index in [1.165, 1.54) is 6.07 Å². The molecule has 1 fully saturated rings. The fraction of sp³-hybridized carbons (Fsp3) is 0.417. The summed E-state index contributed by atoms with van der Waals surface area (Å²) < 4.78 is 25.7. The fourth-order valence-corrected chi connectivity index (χ4v) is 1.96. The monoisotopic (exact) mass is 240 g/mol. The summed E-state index contributed by atoms with van der Waals surface area (Å²) in [5.41, 5.74) is 0.151. The second kappa shape index (κ2) is 4.79. The molecule has 0 radical (unpaired) electrons. The number of nitrogens with one attached hydrogen (secondary N) is 1. The van der Waals surface area contributed by atoms with Crippen LogP contribution in [0.25, 0.3) is 0 Å². The van der Waals surface area contributed by atoms with E-state index in [1.807, 2.05) is 7.05 Å². The van der Waals surface area contributed by atoms with Crippen LogP contribution in [0, 0.1) is 11.6 Å². The summed E-state index contributed by atoms with van der Waals surface area (Å²) in [6.45, 7) is 1.72. The first-order chi connectivity index (χ1) is 8.06. The molecule has 0 aromatic heterocycles. The fourth-order valence-electron chi connectivity index (χ4n) is 1.96. The molecule has 2 rings (SSSR count). The minimum Gasteiger partial charge on any atom is -0.348 e. The molecule has 92 valence electrons. The van der Waals surface area contributed by atoms with Gasteiger partial charge in [-0.15, -0.1) is 0 Å². The second-order valence-electron chi connectivity index (χ2n) is 4.35. The third-order valence-corrected chi connectivity index (χ3v) is 2.91. The van der Waals surface area contributed by atoms with Crippen molar-refractivity contribution in [3.8, 4) is 0 Å². The van der Waals surface area contributed by atoms with E-state index in [0.29, 0.717) is 0 Å². The van der Waals surface area contributed by atoms with E-state index in [4.69, 9.17) is 0 Å². The van der Waals surface area contributed by atoms with Gasteiger partial charge in [0.25, 0.3) is 5.91 Å². The first kappa shape index (κ1) is 12.0. The molecule has 1 N–H and O–H groups in total. The molecule has 1 saturated heterocycles. The number of nitrogens with zero attached hydrogens (tertiary/aromatic N) is 1. The standard InChI is InChI=1S/C12H14F2N2O/c1-16-5-4-9(7-16)15-12(17)8-2-3-10(13)11(14)6-8/h2-3,6,9H,4-5,7H2,1H3,(H,15,17). The van der Waals surface area contributed by atoms with Gasteiger partial charge in [0.05, 0.1) is 0 Å². The van der Waals surface area contributed by atoms with E-state index in [-0.39, 0.29) is 17.5 Å². The number of halogens is 2. The van der Waals surface area contributed by atoms with Gasteiger partial charge in [-0.25, -0.2) is 8.78 Å². The Hall–Kier alpha value is -1.49. The number of rotatable bonds is 2. The van der Waals surface area contributed by atoms with Crippen molar-refractivity contribution in [2.75, 3.05) is 20.1 Å². The summed E-state index contributed by atoms with van der Waals surface area (Å²) >= 11 is 0. The number of amides is 1. The van der Waals surface area contributed by atoms with Gasteiger partial charge in [0.2, 0.25) is 0 Å². The third-order valence-electron chi connectivity index (χ3n) is 2.91. The lowest BCUT2D eigenvalue weighted by Crippen LogP contribution is -2.36. The zero-order chi connectivity index (χ0) is 12.4. The van der Waals surface area contributed by atoms with Crippen molar-refractivity contribution >= 4 is 5.91 Å². The zero-order valence-corrected chi connectivity index (χ0v) is 9.54. The van der Waals surface area contributed by atoms with Crippen LogP contribution in [0.1, 0.15) is 16.8 Å². The largest absolute Gasteiger partial charge is 0.348 e. The minimum absolute atomic E-state index is 0.0839. The molecular formula is C12H14F2N2O. The number of carbonyl (C=O) groups is 1. The number of hydrogen-bond donors (Lipinski definition) is 1. The predicted molar refractivity (Wildman–Crippen MR) is 59.7 cm³/mol. The number of likely N-dealkylation sites (tertiary alicyclic amines) is 1. The van der Waals surface area contributed by atoms with Crippen molar-refractivity contribution in [1.82, 2.24) is 10.2 Å². The molecule has 0 aliphatic carbocycles. The Morgan fingerprint density at radius 2 is 2.18 bits per heavy atom. The van der Waals surface area contributed by atoms with Gasteiger partial charge in [0, 0.05) is 18.2 Å². The van der Waals surface area contributed by atoms with Gasteiger partial charge in [-0.1, -0.05) is 0 Å². The maximum Gasteiger partial charge on any atom is 0.251 e. The molecule has 3 nitrogen and oxygen atoms in total. The highest BCUT2D eigenvalue weighted by atomic mass is 19.2. The van der Waals surface area contributed by atoms with Crippen molar-refractivity contribution < 1.29 is 13.6 Å². The molecule has 1 aromatic rings. The maximum absolute atomic E-state index is 13.0. The van der Waals surface area contributed by atoms with E-state index in [1.54, 1.807) is 0 Å². The van der Waals surface area contributed by atoms with E-state index in [2.05, 4.69) is 10.2 Å². The summed E-state index contributed by atoms with van der Waals surface area (Å²) in [7, 11) is 1.98. The number of benzene rings is 1.